The fourth-order valence-corrected chi connectivity index (χ4v) is 1.68. The number of amides is 1. The second kappa shape index (κ2) is 5.68. The highest BCUT2D eigenvalue weighted by atomic mass is 16.2. The van der Waals surface area contributed by atoms with Crippen molar-refractivity contribution in [1.82, 2.24) is 9.80 Å². The van der Waals surface area contributed by atoms with E-state index in [9.17, 15) is 4.79 Å². The third-order valence-electron chi connectivity index (χ3n) is 2.84. The molecular formula is C13H21N3O. The molecule has 0 radical (unpaired) electrons. The van der Waals surface area contributed by atoms with E-state index in [1.807, 2.05) is 43.1 Å². The first-order chi connectivity index (χ1) is 7.91. The fourth-order valence-electron chi connectivity index (χ4n) is 1.68. The molecule has 0 fully saturated rings. The summed E-state index contributed by atoms with van der Waals surface area (Å²) in [6, 6.07) is 7.60. The Morgan fingerprint density at radius 3 is 2.53 bits per heavy atom. The van der Waals surface area contributed by atoms with Gasteiger partial charge in [-0.3, -0.25) is 9.69 Å². The van der Waals surface area contributed by atoms with Crippen LogP contribution in [0.4, 0.5) is 5.69 Å². The van der Waals surface area contributed by atoms with Crippen molar-refractivity contribution >= 4 is 11.6 Å². The number of rotatable bonds is 4. The van der Waals surface area contributed by atoms with Crippen molar-refractivity contribution in [1.29, 1.82) is 0 Å². The molecule has 0 aliphatic rings. The highest BCUT2D eigenvalue weighted by Crippen LogP contribution is 2.11. The van der Waals surface area contributed by atoms with E-state index in [0.29, 0.717) is 6.54 Å². The van der Waals surface area contributed by atoms with E-state index < -0.39 is 0 Å². The summed E-state index contributed by atoms with van der Waals surface area (Å²) >= 11 is 0. The molecule has 17 heavy (non-hydrogen) atoms. The number of likely N-dealkylation sites (N-methyl/N-ethyl adjacent to an activating group) is 2. The Morgan fingerprint density at radius 2 is 2.00 bits per heavy atom. The average Bonchev–Trinajstić information content (AvgIpc) is 2.26. The number of anilines is 1. The summed E-state index contributed by atoms with van der Waals surface area (Å²) in [7, 11) is 5.48. The van der Waals surface area contributed by atoms with E-state index >= 15 is 0 Å². The highest BCUT2D eigenvalue weighted by Gasteiger charge is 2.19. The summed E-state index contributed by atoms with van der Waals surface area (Å²) in [4.78, 5) is 15.4. The number of nitrogens with zero attached hydrogens (tertiary/aromatic N) is 2. The molecule has 0 spiro atoms. The average molecular weight is 235 g/mol. The Balaban J connectivity index is 2.66. The molecule has 1 rings (SSSR count). The van der Waals surface area contributed by atoms with Gasteiger partial charge in [0.25, 0.3) is 0 Å². The van der Waals surface area contributed by atoms with Crippen molar-refractivity contribution in [3.8, 4) is 0 Å². The van der Waals surface area contributed by atoms with Crippen LogP contribution in [0.3, 0.4) is 0 Å². The van der Waals surface area contributed by atoms with Crippen LogP contribution in [-0.2, 0) is 11.3 Å². The van der Waals surface area contributed by atoms with Crippen molar-refractivity contribution in [3.05, 3.63) is 29.8 Å². The first-order valence-corrected chi connectivity index (χ1v) is 5.67. The Morgan fingerprint density at radius 1 is 1.35 bits per heavy atom. The van der Waals surface area contributed by atoms with E-state index in [0.717, 1.165) is 11.3 Å². The standard InChI is InChI=1S/C13H21N3O/c1-10(13(17)15(2)3)16(4)9-11-6-5-7-12(14)8-11/h5-8,10H,9,14H2,1-4H3. The summed E-state index contributed by atoms with van der Waals surface area (Å²) in [6.45, 7) is 2.63. The molecular weight excluding hydrogens is 214 g/mol. The van der Waals surface area contributed by atoms with Crippen molar-refractivity contribution in [2.24, 2.45) is 0 Å². The summed E-state index contributed by atoms with van der Waals surface area (Å²) in [5.74, 6) is 0.108. The number of carbonyl (C=O) groups excluding carboxylic acids is 1. The molecule has 1 amide bonds. The van der Waals surface area contributed by atoms with Gasteiger partial charge in [-0.1, -0.05) is 12.1 Å². The number of hydrogen-bond donors (Lipinski definition) is 1. The number of benzene rings is 1. The van der Waals surface area contributed by atoms with E-state index in [1.54, 1.807) is 19.0 Å². The van der Waals surface area contributed by atoms with Gasteiger partial charge in [0.05, 0.1) is 6.04 Å². The van der Waals surface area contributed by atoms with Gasteiger partial charge < -0.3 is 10.6 Å². The van der Waals surface area contributed by atoms with Gasteiger partial charge in [-0.15, -0.1) is 0 Å². The third-order valence-corrected chi connectivity index (χ3v) is 2.84. The van der Waals surface area contributed by atoms with Crippen LogP contribution < -0.4 is 5.73 Å². The maximum absolute atomic E-state index is 11.8. The maximum atomic E-state index is 11.8. The minimum atomic E-state index is -0.133. The lowest BCUT2D eigenvalue weighted by Crippen LogP contribution is -2.42. The topological polar surface area (TPSA) is 49.6 Å². The Kier molecular flexibility index (Phi) is 4.52. The van der Waals surface area contributed by atoms with Gasteiger partial charge in [-0.25, -0.2) is 0 Å². The fraction of sp³-hybridized carbons (Fsp3) is 0.462. The molecule has 0 bridgehead atoms. The largest absolute Gasteiger partial charge is 0.399 e. The van der Waals surface area contributed by atoms with Crippen molar-refractivity contribution in [2.75, 3.05) is 26.9 Å². The van der Waals surface area contributed by atoms with E-state index in [-0.39, 0.29) is 11.9 Å². The second-order valence-corrected chi connectivity index (χ2v) is 4.57. The normalized spacial score (nSPS) is 12.5. The predicted molar refractivity (Wildman–Crippen MR) is 70.5 cm³/mol. The van der Waals surface area contributed by atoms with Crippen molar-refractivity contribution in [3.63, 3.8) is 0 Å². The van der Waals surface area contributed by atoms with Crippen LogP contribution in [0.2, 0.25) is 0 Å². The molecule has 0 saturated carbocycles. The monoisotopic (exact) mass is 235 g/mol. The quantitative estimate of drug-likeness (QED) is 0.797. The Bertz CT molecular complexity index is 390. The van der Waals surface area contributed by atoms with Crippen LogP contribution in [-0.4, -0.2) is 42.9 Å². The predicted octanol–water partition coefficient (Wildman–Crippen LogP) is 1.18. The first-order valence-electron chi connectivity index (χ1n) is 5.67. The first kappa shape index (κ1) is 13.5. The van der Waals surface area contributed by atoms with Gasteiger partial charge in [-0.2, -0.15) is 0 Å². The molecule has 1 atom stereocenters. The molecule has 0 aromatic heterocycles. The van der Waals surface area contributed by atoms with Gasteiger partial charge >= 0.3 is 0 Å². The third kappa shape index (κ3) is 3.75. The van der Waals surface area contributed by atoms with E-state index in [2.05, 4.69) is 0 Å². The smallest absolute Gasteiger partial charge is 0.239 e. The molecule has 0 aliphatic heterocycles. The number of carbonyl (C=O) groups is 1. The van der Waals surface area contributed by atoms with Gasteiger partial charge in [0, 0.05) is 26.3 Å². The molecule has 4 nitrogen and oxygen atoms in total. The van der Waals surface area contributed by atoms with E-state index in [4.69, 9.17) is 5.73 Å². The van der Waals surface area contributed by atoms with Crippen LogP contribution >= 0.6 is 0 Å². The van der Waals surface area contributed by atoms with Crippen LogP contribution in [0.25, 0.3) is 0 Å². The Labute approximate surface area is 103 Å². The Hall–Kier alpha value is -1.55. The molecule has 1 aromatic rings. The zero-order valence-corrected chi connectivity index (χ0v) is 11.0. The molecule has 4 heteroatoms. The van der Waals surface area contributed by atoms with Crippen LogP contribution in [0.5, 0.6) is 0 Å². The summed E-state index contributed by atoms with van der Waals surface area (Å²) in [5, 5.41) is 0. The van der Waals surface area contributed by atoms with Gasteiger partial charge in [0.2, 0.25) is 5.91 Å². The lowest BCUT2D eigenvalue weighted by atomic mass is 10.1. The molecule has 94 valence electrons. The molecule has 1 unspecified atom stereocenters. The zero-order chi connectivity index (χ0) is 13.0. The van der Waals surface area contributed by atoms with Crippen LogP contribution in [0, 0.1) is 0 Å². The van der Waals surface area contributed by atoms with Crippen molar-refractivity contribution in [2.45, 2.75) is 19.5 Å². The highest BCUT2D eigenvalue weighted by molar-refractivity contribution is 5.80. The molecule has 0 heterocycles. The molecule has 2 N–H and O–H groups in total. The molecule has 0 aliphatic carbocycles. The van der Waals surface area contributed by atoms with Crippen LogP contribution in [0.1, 0.15) is 12.5 Å². The van der Waals surface area contributed by atoms with E-state index in [1.165, 1.54) is 0 Å². The SMILES string of the molecule is CC(C(=O)N(C)C)N(C)Cc1cccc(N)c1. The zero-order valence-electron chi connectivity index (χ0n) is 11.0. The van der Waals surface area contributed by atoms with Gasteiger partial charge in [0.1, 0.15) is 0 Å². The molecule has 1 aromatic carbocycles. The number of nitrogens with two attached hydrogens (primary N) is 1. The maximum Gasteiger partial charge on any atom is 0.239 e. The minimum absolute atomic E-state index is 0.108. The van der Waals surface area contributed by atoms with Gasteiger partial charge in [-0.05, 0) is 31.7 Å². The summed E-state index contributed by atoms with van der Waals surface area (Å²) < 4.78 is 0. The lowest BCUT2D eigenvalue weighted by Gasteiger charge is -2.26. The van der Waals surface area contributed by atoms with Crippen LogP contribution in [0.15, 0.2) is 24.3 Å². The number of nitrogen functional groups attached to an aromatic ring is 1. The summed E-state index contributed by atoms with van der Waals surface area (Å²) in [6.07, 6.45) is 0. The lowest BCUT2D eigenvalue weighted by molar-refractivity contribution is -0.133. The summed E-state index contributed by atoms with van der Waals surface area (Å²) in [5.41, 5.74) is 7.59. The minimum Gasteiger partial charge on any atom is -0.399 e. The number of hydrogen-bond acceptors (Lipinski definition) is 3. The van der Waals surface area contributed by atoms with Gasteiger partial charge in [0.15, 0.2) is 0 Å². The second-order valence-electron chi connectivity index (χ2n) is 4.57. The molecule has 0 saturated heterocycles. The van der Waals surface area contributed by atoms with Crippen molar-refractivity contribution < 1.29 is 4.79 Å².